The van der Waals surface area contributed by atoms with Crippen LogP contribution in [-0.2, 0) is 5.85 Å². The fourth-order valence-electron chi connectivity index (χ4n) is 2.91. The highest BCUT2D eigenvalue weighted by Crippen LogP contribution is 2.39. The average molecular weight is 424 g/mol. The highest BCUT2D eigenvalue weighted by molar-refractivity contribution is 5.65. The Hall–Kier alpha value is -3.42. The Balaban J connectivity index is 2.07. The van der Waals surface area contributed by atoms with E-state index < -0.39 is 52.7 Å². The molecule has 0 saturated heterocycles. The number of halogens is 6. The van der Waals surface area contributed by atoms with Crippen molar-refractivity contribution in [3.63, 3.8) is 0 Å². The molecule has 30 heavy (non-hydrogen) atoms. The molecule has 0 radical (unpaired) electrons. The first-order valence-electron chi connectivity index (χ1n) is 8.57. The van der Waals surface area contributed by atoms with Crippen LogP contribution in [0, 0.1) is 29.1 Å². The molecule has 0 amide bonds. The predicted molar refractivity (Wildman–Crippen MR) is 98.0 cm³/mol. The van der Waals surface area contributed by atoms with Crippen molar-refractivity contribution in [2.24, 2.45) is 0 Å². The molecular formula is C22H14F6O2. The van der Waals surface area contributed by atoms with Crippen LogP contribution < -0.4 is 4.74 Å². The Kier molecular flexibility index (Phi) is 5.78. The standard InChI is InChI=1S/C22H14F6O2/c1-2-7-22(28,30-15-10-18(25)21(27)19(26)11-15)20-16(23)8-13(9-17(20)24)12-3-5-14(29)6-4-12/h2-6,8-11,29H,1,7H2. The monoisotopic (exact) mass is 424 g/mol. The second-order valence-corrected chi connectivity index (χ2v) is 6.39. The number of rotatable bonds is 6. The first-order chi connectivity index (χ1) is 14.1. The molecule has 0 spiro atoms. The minimum Gasteiger partial charge on any atom is -0.508 e. The predicted octanol–water partition coefficient (Wildman–Crippen LogP) is 6.53. The maximum Gasteiger partial charge on any atom is 0.283 e. The normalized spacial score (nSPS) is 13.0. The molecule has 0 bridgehead atoms. The van der Waals surface area contributed by atoms with E-state index in [1.165, 1.54) is 24.3 Å². The number of ether oxygens (including phenoxy) is 1. The third-order valence-electron chi connectivity index (χ3n) is 4.26. The summed E-state index contributed by atoms with van der Waals surface area (Å²) in [7, 11) is 0. The first kappa shape index (κ1) is 21.3. The maximum absolute atomic E-state index is 15.5. The van der Waals surface area contributed by atoms with Crippen molar-refractivity contribution in [2.75, 3.05) is 0 Å². The third-order valence-corrected chi connectivity index (χ3v) is 4.26. The van der Waals surface area contributed by atoms with Gasteiger partial charge in [-0.2, -0.15) is 4.39 Å². The molecule has 0 aromatic heterocycles. The number of hydrogen-bond acceptors (Lipinski definition) is 2. The van der Waals surface area contributed by atoms with Crippen LogP contribution in [0.5, 0.6) is 11.5 Å². The van der Waals surface area contributed by atoms with Crippen molar-refractivity contribution >= 4 is 0 Å². The lowest BCUT2D eigenvalue weighted by Crippen LogP contribution is -2.30. The van der Waals surface area contributed by atoms with Crippen LogP contribution in [-0.4, -0.2) is 5.11 Å². The van der Waals surface area contributed by atoms with Crippen molar-refractivity contribution in [3.8, 4) is 22.6 Å². The summed E-state index contributed by atoms with van der Waals surface area (Å²) in [6.07, 6.45) is 0.184. The molecule has 0 aliphatic carbocycles. The van der Waals surface area contributed by atoms with Crippen molar-refractivity contribution in [1.82, 2.24) is 0 Å². The highest BCUT2D eigenvalue weighted by Gasteiger charge is 2.40. The van der Waals surface area contributed by atoms with Gasteiger partial charge in [0.1, 0.15) is 23.1 Å². The van der Waals surface area contributed by atoms with Gasteiger partial charge < -0.3 is 9.84 Å². The van der Waals surface area contributed by atoms with Gasteiger partial charge in [-0.25, -0.2) is 22.0 Å². The summed E-state index contributed by atoms with van der Waals surface area (Å²) in [6, 6.07) is 7.81. The van der Waals surface area contributed by atoms with Crippen LogP contribution >= 0.6 is 0 Å². The summed E-state index contributed by atoms with van der Waals surface area (Å²) in [5.41, 5.74) is -0.752. The molecule has 1 unspecified atom stereocenters. The minimum atomic E-state index is -3.22. The van der Waals surface area contributed by atoms with Gasteiger partial charge in [0.15, 0.2) is 17.5 Å². The zero-order valence-corrected chi connectivity index (χ0v) is 15.2. The van der Waals surface area contributed by atoms with E-state index in [1.54, 1.807) is 0 Å². The van der Waals surface area contributed by atoms with Crippen LogP contribution in [0.4, 0.5) is 26.3 Å². The van der Waals surface area contributed by atoms with Crippen LogP contribution in [0.25, 0.3) is 11.1 Å². The summed E-state index contributed by atoms with van der Waals surface area (Å²) in [5, 5.41) is 9.32. The second-order valence-electron chi connectivity index (χ2n) is 6.39. The Labute approximate surface area is 167 Å². The quantitative estimate of drug-likeness (QED) is 0.277. The van der Waals surface area contributed by atoms with E-state index in [-0.39, 0.29) is 11.3 Å². The highest BCUT2D eigenvalue weighted by atomic mass is 19.2. The molecule has 0 aliphatic rings. The molecule has 156 valence electrons. The fourth-order valence-corrected chi connectivity index (χ4v) is 2.91. The molecule has 1 N–H and O–H groups in total. The summed E-state index contributed by atoms with van der Waals surface area (Å²) < 4.78 is 89.9. The minimum absolute atomic E-state index is 0.0496. The lowest BCUT2D eigenvalue weighted by Gasteiger charge is -2.27. The van der Waals surface area contributed by atoms with Gasteiger partial charge in [0.25, 0.3) is 5.85 Å². The molecule has 0 saturated carbocycles. The van der Waals surface area contributed by atoms with E-state index in [9.17, 15) is 27.1 Å². The summed E-state index contributed by atoms with van der Waals surface area (Å²) in [6.45, 7) is 3.30. The number of phenols is 1. The maximum atomic E-state index is 15.5. The van der Waals surface area contributed by atoms with Gasteiger partial charge in [-0.05, 0) is 35.4 Å². The second kappa shape index (κ2) is 8.14. The molecular weight excluding hydrogens is 410 g/mol. The molecule has 3 aromatic carbocycles. The number of phenolic OH excluding ortho intramolecular Hbond substituents is 1. The van der Waals surface area contributed by atoms with Gasteiger partial charge >= 0.3 is 0 Å². The molecule has 0 fully saturated rings. The van der Waals surface area contributed by atoms with Crippen LogP contribution in [0.2, 0.25) is 0 Å². The molecule has 2 nitrogen and oxygen atoms in total. The molecule has 8 heteroatoms. The van der Waals surface area contributed by atoms with Gasteiger partial charge in [0.05, 0.1) is 5.56 Å². The zero-order chi connectivity index (χ0) is 22.1. The van der Waals surface area contributed by atoms with E-state index in [1.807, 2.05) is 0 Å². The van der Waals surface area contributed by atoms with Crippen molar-refractivity contribution in [1.29, 1.82) is 0 Å². The summed E-state index contributed by atoms with van der Waals surface area (Å²) in [5.74, 6) is -11.9. The van der Waals surface area contributed by atoms with Crippen LogP contribution in [0.3, 0.4) is 0 Å². The fraction of sp³-hybridized carbons (Fsp3) is 0.0909. The lowest BCUT2D eigenvalue weighted by molar-refractivity contribution is -0.0719. The van der Waals surface area contributed by atoms with Crippen LogP contribution in [0.1, 0.15) is 12.0 Å². The number of benzene rings is 3. The average Bonchev–Trinajstić information content (AvgIpc) is 2.66. The Bertz CT molecular complexity index is 1050. The van der Waals surface area contributed by atoms with E-state index in [0.717, 1.165) is 18.2 Å². The van der Waals surface area contributed by atoms with E-state index in [4.69, 9.17) is 4.74 Å². The Morgan fingerprint density at radius 2 is 1.37 bits per heavy atom. The van der Waals surface area contributed by atoms with Crippen molar-refractivity contribution < 1.29 is 36.2 Å². The topological polar surface area (TPSA) is 29.5 Å². The molecule has 3 aromatic rings. The molecule has 1 atom stereocenters. The lowest BCUT2D eigenvalue weighted by atomic mass is 9.97. The van der Waals surface area contributed by atoms with Crippen molar-refractivity contribution in [3.05, 3.63) is 95.8 Å². The third kappa shape index (κ3) is 4.12. The Morgan fingerprint density at radius 1 is 0.833 bits per heavy atom. The number of hydrogen-bond donors (Lipinski definition) is 1. The van der Waals surface area contributed by atoms with Gasteiger partial charge in [0.2, 0.25) is 0 Å². The van der Waals surface area contributed by atoms with Gasteiger partial charge in [-0.1, -0.05) is 18.2 Å². The van der Waals surface area contributed by atoms with Gasteiger partial charge in [0, 0.05) is 18.6 Å². The molecule has 0 heterocycles. The first-order valence-corrected chi connectivity index (χ1v) is 8.57. The smallest absolute Gasteiger partial charge is 0.283 e. The SMILES string of the molecule is C=CCC(F)(Oc1cc(F)c(F)c(F)c1)c1c(F)cc(-c2ccc(O)cc2)cc1F. The van der Waals surface area contributed by atoms with Crippen LogP contribution in [0.15, 0.2) is 61.2 Å². The van der Waals surface area contributed by atoms with Crippen molar-refractivity contribution in [2.45, 2.75) is 12.3 Å². The number of aromatic hydroxyl groups is 1. The summed E-state index contributed by atoms with van der Waals surface area (Å²) in [4.78, 5) is 0. The molecule has 0 aliphatic heterocycles. The molecule has 3 rings (SSSR count). The largest absolute Gasteiger partial charge is 0.508 e. The summed E-state index contributed by atoms with van der Waals surface area (Å²) >= 11 is 0. The zero-order valence-electron chi connectivity index (χ0n) is 15.2. The van der Waals surface area contributed by atoms with E-state index in [0.29, 0.717) is 17.7 Å². The van der Waals surface area contributed by atoms with E-state index >= 15 is 4.39 Å². The van der Waals surface area contributed by atoms with Gasteiger partial charge in [-0.3, -0.25) is 0 Å². The Morgan fingerprint density at radius 3 is 1.87 bits per heavy atom. The van der Waals surface area contributed by atoms with E-state index in [2.05, 4.69) is 6.58 Å². The van der Waals surface area contributed by atoms with Gasteiger partial charge in [-0.15, -0.1) is 6.58 Å². The number of alkyl halides is 1.